The molecule has 0 spiro atoms. The molecule has 2 heteroatoms. The van der Waals surface area contributed by atoms with E-state index in [9.17, 15) is 0 Å². The molecule has 2 aromatic rings. The molecule has 0 radical (unpaired) electrons. The van der Waals surface area contributed by atoms with Crippen molar-refractivity contribution in [1.82, 2.24) is 0 Å². The molecular weight excluding hydrogens is 302 g/mol. The summed E-state index contributed by atoms with van der Waals surface area (Å²) >= 11 is 2.37. The minimum atomic E-state index is -0.481. The van der Waals surface area contributed by atoms with Gasteiger partial charge in [-0.1, -0.05) is 0 Å². The van der Waals surface area contributed by atoms with Crippen LogP contribution in [-0.2, 0) is 0 Å². The Labute approximate surface area is 157 Å². The molecule has 3 rings (SSSR count). The average Bonchev–Trinajstić information content (AvgIpc) is 3.00. The van der Waals surface area contributed by atoms with Crippen LogP contribution < -0.4 is 10.6 Å². The van der Waals surface area contributed by atoms with Crippen molar-refractivity contribution in [2.24, 2.45) is 0 Å². The molecule has 0 N–H and O–H groups in total. The first-order valence-electron chi connectivity index (χ1n) is 8.64. The van der Waals surface area contributed by atoms with Crippen molar-refractivity contribution in [3.63, 3.8) is 0 Å². The van der Waals surface area contributed by atoms with Crippen LogP contribution in [0.5, 0.6) is 0 Å². The van der Waals surface area contributed by atoms with Crippen molar-refractivity contribution in [2.45, 2.75) is 36.9 Å². The molecular formula is C22H24LiP. The predicted molar refractivity (Wildman–Crippen MR) is 109 cm³/mol. The third-order valence-corrected chi connectivity index (χ3v) is 8.69. The molecule has 0 saturated carbocycles. The van der Waals surface area contributed by atoms with E-state index in [0.29, 0.717) is 0 Å². The number of rotatable bonds is 4. The summed E-state index contributed by atoms with van der Waals surface area (Å²) in [5.41, 5.74) is 2.64. The third kappa shape index (κ3) is 3.21. The van der Waals surface area contributed by atoms with Gasteiger partial charge in [0.1, 0.15) is 0 Å². The first-order valence-corrected chi connectivity index (χ1v) is 9.98. The van der Waals surface area contributed by atoms with Gasteiger partial charge in [0.2, 0.25) is 0 Å². The van der Waals surface area contributed by atoms with Gasteiger partial charge in [0.25, 0.3) is 0 Å². The Morgan fingerprint density at radius 3 is 1.50 bits per heavy atom. The maximum absolute atomic E-state index is 2.43. The van der Waals surface area contributed by atoms with E-state index in [0.717, 1.165) is 0 Å². The van der Waals surface area contributed by atoms with E-state index >= 15 is 0 Å². The van der Waals surface area contributed by atoms with Crippen LogP contribution in [0.4, 0.5) is 0 Å². The second kappa shape index (κ2) is 6.69. The monoisotopic (exact) mass is 326 g/mol. The van der Waals surface area contributed by atoms with E-state index in [4.69, 9.17) is 0 Å². The summed E-state index contributed by atoms with van der Waals surface area (Å²) in [6, 6.07) is 18.3. The van der Waals surface area contributed by atoms with Gasteiger partial charge in [-0.2, -0.15) is 0 Å². The van der Waals surface area contributed by atoms with Gasteiger partial charge in [-0.05, 0) is 0 Å². The Balaban J connectivity index is 2.14. The number of hydrogen-bond donors (Lipinski definition) is 0. The Morgan fingerprint density at radius 2 is 1.12 bits per heavy atom. The van der Waals surface area contributed by atoms with Gasteiger partial charge in [0.05, 0.1) is 0 Å². The molecule has 0 atom stereocenters. The molecule has 0 aromatic heterocycles. The predicted octanol–water partition coefficient (Wildman–Crippen LogP) is 4.97. The van der Waals surface area contributed by atoms with Crippen LogP contribution in [0.15, 0.2) is 72.8 Å². The Hall–Kier alpha value is -1.05. The molecule has 0 heterocycles. The van der Waals surface area contributed by atoms with Gasteiger partial charge in [-0.3, -0.25) is 0 Å². The summed E-state index contributed by atoms with van der Waals surface area (Å²) < 4.78 is 0.0779. The first kappa shape index (κ1) is 17.8. The van der Waals surface area contributed by atoms with Crippen LogP contribution in [0, 0.1) is 13.8 Å². The zero-order valence-electron chi connectivity index (χ0n) is 15.4. The summed E-state index contributed by atoms with van der Waals surface area (Å²) in [4.78, 5) is 0. The maximum atomic E-state index is 2.43. The summed E-state index contributed by atoms with van der Waals surface area (Å²) in [5, 5.41) is 3.04. The van der Waals surface area contributed by atoms with Crippen molar-refractivity contribution in [1.29, 1.82) is 0 Å². The summed E-state index contributed by atoms with van der Waals surface area (Å²) in [6.07, 6.45) is 9.12. The quantitative estimate of drug-likeness (QED) is 0.550. The third-order valence-electron chi connectivity index (χ3n) is 5.46. The summed E-state index contributed by atoms with van der Waals surface area (Å²) in [5.74, 6) is 0. The normalized spacial score (nSPS) is 16.1. The molecule has 1 aliphatic carbocycles. The van der Waals surface area contributed by atoms with Crippen LogP contribution in [0.1, 0.15) is 25.0 Å². The summed E-state index contributed by atoms with van der Waals surface area (Å²) in [7, 11) is -0.481. The summed E-state index contributed by atoms with van der Waals surface area (Å²) in [6.45, 7) is 9.18. The second-order valence-electron chi connectivity index (χ2n) is 7.57. The van der Waals surface area contributed by atoms with E-state index in [1.165, 1.54) is 21.7 Å². The van der Waals surface area contributed by atoms with Crippen LogP contribution in [0.25, 0.3) is 0 Å². The zero-order chi connectivity index (χ0) is 17.4. The fraction of sp³-hybridized carbons (Fsp3) is 0.273. The molecule has 0 nitrogen and oxygen atoms in total. The van der Waals surface area contributed by atoms with Gasteiger partial charge in [0, 0.05) is 0 Å². The van der Waals surface area contributed by atoms with E-state index in [-0.39, 0.29) is 9.24 Å². The van der Waals surface area contributed by atoms with Gasteiger partial charge in [0.15, 0.2) is 0 Å². The van der Waals surface area contributed by atoms with Crippen molar-refractivity contribution in [3.05, 3.63) is 84.0 Å². The molecule has 1 aliphatic rings. The van der Waals surface area contributed by atoms with Crippen LogP contribution in [0.2, 0.25) is 4.09 Å². The Kier molecular flexibility index (Phi) is 4.95. The van der Waals surface area contributed by atoms with Gasteiger partial charge < -0.3 is 0 Å². The number of benzene rings is 2. The van der Waals surface area contributed by atoms with E-state index in [1.54, 1.807) is 0 Å². The standard InChI is InChI=1S/C22H24P.Li/c1-17-9-13-20(14-10-17)23(21-15-11-18(2)12-16-21)22(3,4)19-7-5-6-8-19;/h5-16H,1-4H3;. The topological polar surface area (TPSA) is 0 Å². The van der Waals surface area contributed by atoms with Crippen molar-refractivity contribution < 1.29 is 0 Å². The van der Waals surface area contributed by atoms with Crippen molar-refractivity contribution >= 4 is 36.2 Å². The van der Waals surface area contributed by atoms with Crippen LogP contribution in [0.3, 0.4) is 0 Å². The molecule has 24 heavy (non-hydrogen) atoms. The Bertz CT molecular complexity index is 709. The number of hydrogen-bond acceptors (Lipinski definition) is 0. The molecule has 0 bridgehead atoms. The number of aryl methyl sites for hydroxylation is 2. The van der Waals surface area contributed by atoms with E-state index in [1.807, 2.05) is 0 Å². The van der Waals surface area contributed by atoms with Crippen LogP contribution >= 0.6 is 7.92 Å². The average molecular weight is 326 g/mol. The van der Waals surface area contributed by atoms with Gasteiger partial charge >= 0.3 is 157 Å². The van der Waals surface area contributed by atoms with Crippen molar-refractivity contribution in [3.8, 4) is 0 Å². The zero-order valence-corrected chi connectivity index (χ0v) is 16.3. The number of allylic oxidation sites excluding steroid dienone is 4. The SMILES string of the molecule is [Li][C]1(C(C)(C)P(c2ccc(C)cc2)c2ccc(C)cc2)C=CC=C1. The molecule has 2 aromatic carbocycles. The molecule has 0 aliphatic heterocycles. The molecule has 118 valence electrons. The van der Waals surface area contributed by atoms with Crippen molar-refractivity contribution in [2.75, 3.05) is 0 Å². The van der Waals surface area contributed by atoms with Crippen LogP contribution in [-0.4, -0.2) is 22.9 Å². The van der Waals surface area contributed by atoms with E-state index < -0.39 is 7.92 Å². The second-order valence-corrected chi connectivity index (χ2v) is 10.4. The van der Waals surface area contributed by atoms with Gasteiger partial charge in [-0.15, -0.1) is 0 Å². The molecule has 0 unspecified atom stereocenters. The fourth-order valence-corrected chi connectivity index (χ4v) is 6.51. The van der Waals surface area contributed by atoms with Gasteiger partial charge in [-0.25, -0.2) is 0 Å². The minimum absolute atomic E-state index is 0.0779. The first-order chi connectivity index (χ1) is 11.3. The molecule has 0 amide bonds. The Morgan fingerprint density at radius 1 is 0.750 bits per heavy atom. The fourth-order valence-electron chi connectivity index (χ4n) is 3.40. The molecule has 0 saturated heterocycles. The van der Waals surface area contributed by atoms with E-state index in [2.05, 4.69) is 118 Å². The molecule has 0 fully saturated rings.